The number of nitrogens with one attached hydrogen (secondary N) is 2. The lowest BCUT2D eigenvalue weighted by Gasteiger charge is -2.38. The molecule has 1 unspecified atom stereocenters. The normalized spacial score (nSPS) is 19.3. The van der Waals surface area contributed by atoms with Gasteiger partial charge in [0, 0.05) is 12.0 Å². The molecule has 1 heterocycles. The minimum Gasteiger partial charge on any atom is -0.380 e. The van der Waals surface area contributed by atoms with Gasteiger partial charge in [0.15, 0.2) is 0 Å². The van der Waals surface area contributed by atoms with Crippen LogP contribution in [0.4, 0.5) is 4.79 Å². The number of hydrogen-bond acceptors (Lipinski definition) is 3. The van der Waals surface area contributed by atoms with Crippen LogP contribution in [0.5, 0.6) is 0 Å². The van der Waals surface area contributed by atoms with Gasteiger partial charge in [0.1, 0.15) is 6.04 Å². The largest absolute Gasteiger partial charge is 0.380 e. The van der Waals surface area contributed by atoms with E-state index in [4.69, 9.17) is 10.5 Å². The van der Waals surface area contributed by atoms with Crippen molar-refractivity contribution >= 4 is 11.9 Å². The first-order valence-corrected chi connectivity index (χ1v) is 5.75. The summed E-state index contributed by atoms with van der Waals surface area (Å²) in [5.74, 6) is -0.208. The maximum Gasteiger partial charge on any atom is 0.312 e. The van der Waals surface area contributed by atoms with E-state index in [2.05, 4.69) is 10.6 Å². The maximum absolute atomic E-state index is 11.9. The summed E-state index contributed by atoms with van der Waals surface area (Å²) in [6, 6.07) is -1.27. The van der Waals surface area contributed by atoms with Crippen molar-refractivity contribution in [1.82, 2.24) is 10.6 Å². The van der Waals surface area contributed by atoms with Gasteiger partial charge in [-0.1, -0.05) is 20.8 Å². The predicted octanol–water partition coefficient (Wildman–Crippen LogP) is -0.168. The lowest BCUT2D eigenvalue weighted by Crippen LogP contribution is -2.55. The highest BCUT2D eigenvalue weighted by Crippen LogP contribution is 2.25. The zero-order valence-corrected chi connectivity index (χ0v) is 10.6. The van der Waals surface area contributed by atoms with Gasteiger partial charge in [-0.3, -0.25) is 4.79 Å². The molecule has 0 radical (unpaired) electrons. The Labute approximate surface area is 101 Å². The van der Waals surface area contributed by atoms with Gasteiger partial charge in [0.2, 0.25) is 5.91 Å². The van der Waals surface area contributed by atoms with Crippen molar-refractivity contribution in [2.24, 2.45) is 17.1 Å². The summed E-state index contributed by atoms with van der Waals surface area (Å²) in [6.07, 6.45) is 0. The Morgan fingerprint density at radius 2 is 2.00 bits per heavy atom. The first-order valence-electron chi connectivity index (χ1n) is 5.75. The zero-order valence-electron chi connectivity index (χ0n) is 10.6. The molecule has 0 bridgehead atoms. The molecule has 6 nitrogen and oxygen atoms in total. The van der Waals surface area contributed by atoms with E-state index >= 15 is 0 Å². The molecule has 3 amide bonds. The van der Waals surface area contributed by atoms with Crippen LogP contribution in [-0.2, 0) is 9.53 Å². The second-order valence-corrected chi connectivity index (χ2v) is 5.25. The standard InChI is InChI=1S/C11H21N3O3/c1-7(2)8(14-10(12)16)9(15)13-4-11(3)5-17-6-11/h7-8H,4-6H2,1-3H3,(H,13,15)(H3,12,14,16). The number of amides is 3. The Balaban J connectivity index is 2.44. The highest BCUT2D eigenvalue weighted by Gasteiger charge is 2.34. The molecule has 1 aliphatic rings. The fourth-order valence-electron chi connectivity index (χ4n) is 1.65. The van der Waals surface area contributed by atoms with Crippen molar-refractivity contribution in [1.29, 1.82) is 0 Å². The number of carbonyl (C=O) groups excluding carboxylic acids is 2. The molecule has 1 aliphatic heterocycles. The van der Waals surface area contributed by atoms with Crippen LogP contribution < -0.4 is 16.4 Å². The van der Waals surface area contributed by atoms with E-state index in [-0.39, 0.29) is 17.2 Å². The SMILES string of the molecule is CC(C)C(NC(N)=O)C(=O)NCC1(C)COC1. The molecular formula is C11H21N3O3. The van der Waals surface area contributed by atoms with E-state index in [1.165, 1.54) is 0 Å². The molecule has 1 atom stereocenters. The van der Waals surface area contributed by atoms with Crippen molar-refractivity contribution < 1.29 is 14.3 Å². The number of nitrogens with two attached hydrogens (primary N) is 1. The molecule has 0 spiro atoms. The van der Waals surface area contributed by atoms with Crippen LogP contribution in [0.15, 0.2) is 0 Å². The molecule has 0 aliphatic carbocycles. The average Bonchev–Trinajstić information content (AvgIpc) is 2.19. The van der Waals surface area contributed by atoms with Crippen LogP contribution in [0.3, 0.4) is 0 Å². The van der Waals surface area contributed by atoms with Crippen LogP contribution in [0.1, 0.15) is 20.8 Å². The first-order chi connectivity index (χ1) is 7.84. The van der Waals surface area contributed by atoms with E-state index in [9.17, 15) is 9.59 Å². The summed E-state index contributed by atoms with van der Waals surface area (Å²) in [7, 11) is 0. The number of carbonyl (C=O) groups is 2. The lowest BCUT2D eigenvalue weighted by molar-refractivity contribution is -0.129. The number of rotatable bonds is 5. The second kappa shape index (κ2) is 5.35. The Bertz CT molecular complexity index is 300. The summed E-state index contributed by atoms with van der Waals surface area (Å²) >= 11 is 0. The summed E-state index contributed by atoms with van der Waals surface area (Å²) in [5.41, 5.74) is 5.06. The third-order valence-electron chi connectivity index (χ3n) is 2.84. The number of hydrogen-bond donors (Lipinski definition) is 3. The molecule has 17 heavy (non-hydrogen) atoms. The summed E-state index contributed by atoms with van der Waals surface area (Å²) in [4.78, 5) is 22.7. The quantitative estimate of drug-likeness (QED) is 0.626. The third-order valence-corrected chi connectivity index (χ3v) is 2.84. The molecule has 0 aromatic heterocycles. The Morgan fingerprint density at radius 1 is 1.41 bits per heavy atom. The first kappa shape index (κ1) is 13.8. The molecule has 4 N–H and O–H groups in total. The van der Waals surface area contributed by atoms with Crippen LogP contribution in [0, 0.1) is 11.3 Å². The van der Waals surface area contributed by atoms with Crippen molar-refractivity contribution in [3.05, 3.63) is 0 Å². The monoisotopic (exact) mass is 243 g/mol. The van der Waals surface area contributed by atoms with Gasteiger partial charge in [-0.25, -0.2) is 4.79 Å². The van der Waals surface area contributed by atoms with Crippen molar-refractivity contribution in [2.75, 3.05) is 19.8 Å². The topological polar surface area (TPSA) is 93.5 Å². The summed E-state index contributed by atoms with van der Waals surface area (Å²) < 4.78 is 5.10. The lowest BCUT2D eigenvalue weighted by atomic mass is 9.88. The Hall–Kier alpha value is -1.30. The Kier molecular flexibility index (Phi) is 4.34. The average molecular weight is 243 g/mol. The predicted molar refractivity (Wildman–Crippen MR) is 63.3 cm³/mol. The van der Waals surface area contributed by atoms with Crippen molar-refractivity contribution in [3.8, 4) is 0 Å². The van der Waals surface area contributed by atoms with Gasteiger partial charge in [-0.15, -0.1) is 0 Å². The van der Waals surface area contributed by atoms with E-state index < -0.39 is 12.1 Å². The highest BCUT2D eigenvalue weighted by molar-refractivity contribution is 5.86. The number of primary amides is 1. The fourth-order valence-corrected chi connectivity index (χ4v) is 1.65. The zero-order chi connectivity index (χ0) is 13.1. The highest BCUT2D eigenvalue weighted by atomic mass is 16.5. The molecule has 1 fully saturated rings. The van der Waals surface area contributed by atoms with E-state index in [1.54, 1.807) is 0 Å². The van der Waals surface area contributed by atoms with E-state index in [1.807, 2.05) is 20.8 Å². The van der Waals surface area contributed by atoms with Gasteiger partial charge in [-0.05, 0) is 5.92 Å². The molecule has 0 aromatic carbocycles. The molecule has 1 rings (SSSR count). The van der Waals surface area contributed by atoms with Crippen molar-refractivity contribution in [2.45, 2.75) is 26.8 Å². The van der Waals surface area contributed by atoms with E-state index in [0.29, 0.717) is 19.8 Å². The smallest absolute Gasteiger partial charge is 0.312 e. The molecule has 0 aromatic rings. The summed E-state index contributed by atoms with van der Waals surface area (Å²) in [6.45, 7) is 7.62. The van der Waals surface area contributed by atoms with Gasteiger partial charge >= 0.3 is 6.03 Å². The van der Waals surface area contributed by atoms with Gasteiger partial charge < -0.3 is 21.1 Å². The molecule has 1 saturated heterocycles. The summed E-state index contributed by atoms with van der Waals surface area (Å²) in [5, 5.41) is 5.27. The minimum absolute atomic E-state index is 0.00653. The van der Waals surface area contributed by atoms with E-state index in [0.717, 1.165) is 0 Å². The fraction of sp³-hybridized carbons (Fsp3) is 0.818. The molecule has 6 heteroatoms. The molecule has 0 saturated carbocycles. The minimum atomic E-state index is -0.683. The van der Waals surface area contributed by atoms with Crippen LogP contribution >= 0.6 is 0 Å². The van der Waals surface area contributed by atoms with Crippen LogP contribution in [-0.4, -0.2) is 37.7 Å². The van der Waals surface area contributed by atoms with Gasteiger partial charge in [-0.2, -0.15) is 0 Å². The maximum atomic E-state index is 11.9. The second-order valence-electron chi connectivity index (χ2n) is 5.25. The van der Waals surface area contributed by atoms with Crippen molar-refractivity contribution in [3.63, 3.8) is 0 Å². The van der Waals surface area contributed by atoms with Crippen LogP contribution in [0.25, 0.3) is 0 Å². The molecule has 98 valence electrons. The van der Waals surface area contributed by atoms with Gasteiger partial charge in [0.05, 0.1) is 13.2 Å². The van der Waals surface area contributed by atoms with Crippen LogP contribution in [0.2, 0.25) is 0 Å². The third kappa shape index (κ3) is 3.89. The molecular weight excluding hydrogens is 222 g/mol. The number of ether oxygens (including phenoxy) is 1. The van der Waals surface area contributed by atoms with Gasteiger partial charge in [0.25, 0.3) is 0 Å². The number of urea groups is 1. The Morgan fingerprint density at radius 3 is 2.35 bits per heavy atom.